The van der Waals surface area contributed by atoms with Crippen LogP contribution in [0.2, 0.25) is 0 Å². The molecule has 1 rings (SSSR count). The van der Waals surface area contributed by atoms with Crippen LogP contribution in [-0.2, 0) is 30.4 Å². The van der Waals surface area contributed by atoms with Gasteiger partial charge >= 0.3 is 11.9 Å². The molecule has 9 N–H and O–H groups in total. The van der Waals surface area contributed by atoms with Gasteiger partial charge < -0.3 is 42.1 Å². The number of nitrogens with one attached hydrogen (secondary N) is 3. The number of carbonyl (C=O) groups is 5. The molecule has 0 aromatic heterocycles. The minimum Gasteiger partial charge on any atom is -0.508 e. The lowest BCUT2D eigenvalue weighted by Gasteiger charge is -2.28. The minimum atomic E-state index is -1.71. The van der Waals surface area contributed by atoms with Gasteiger partial charge in [0.25, 0.3) is 0 Å². The molecule has 36 heavy (non-hydrogen) atoms. The summed E-state index contributed by atoms with van der Waals surface area (Å²) >= 11 is 0. The SMILES string of the molecule is CCC(C)C(NC(=O)C(Cc1ccc(O)cc1)NC(=O)C(N)C(C)O)C(=O)NC(CC(=O)O)C(=O)O. The maximum Gasteiger partial charge on any atom is 0.326 e. The van der Waals surface area contributed by atoms with Gasteiger partial charge in [0.1, 0.15) is 29.9 Å². The number of hydrogen-bond acceptors (Lipinski definition) is 8. The molecule has 0 aliphatic carbocycles. The number of aliphatic carboxylic acids is 2. The molecular weight excluding hydrogens is 476 g/mol. The first-order chi connectivity index (χ1) is 16.8. The Balaban J connectivity index is 3.18. The summed E-state index contributed by atoms with van der Waals surface area (Å²) in [5.41, 5.74) is 6.22. The fourth-order valence-electron chi connectivity index (χ4n) is 3.16. The van der Waals surface area contributed by atoms with E-state index in [1.54, 1.807) is 13.8 Å². The summed E-state index contributed by atoms with van der Waals surface area (Å²) in [6, 6.07) is 0.283. The molecule has 13 nitrogen and oxygen atoms in total. The molecule has 0 spiro atoms. The van der Waals surface area contributed by atoms with E-state index >= 15 is 0 Å². The second-order valence-corrected chi connectivity index (χ2v) is 8.57. The number of hydrogen-bond donors (Lipinski definition) is 8. The maximum atomic E-state index is 13.2. The van der Waals surface area contributed by atoms with Crippen molar-refractivity contribution in [2.24, 2.45) is 11.7 Å². The first kappa shape index (κ1) is 30.3. The molecule has 0 bridgehead atoms. The number of nitrogens with two attached hydrogens (primary N) is 1. The van der Waals surface area contributed by atoms with Crippen molar-refractivity contribution in [2.45, 2.75) is 70.3 Å². The molecule has 0 saturated carbocycles. The Hall–Kier alpha value is -3.71. The third kappa shape index (κ3) is 9.50. The largest absolute Gasteiger partial charge is 0.508 e. The van der Waals surface area contributed by atoms with Gasteiger partial charge in [0.15, 0.2) is 0 Å². The Labute approximate surface area is 208 Å². The molecule has 200 valence electrons. The zero-order valence-electron chi connectivity index (χ0n) is 20.3. The van der Waals surface area contributed by atoms with Crippen molar-refractivity contribution in [3.05, 3.63) is 29.8 Å². The lowest BCUT2D eigenvalue weighted by molar-refractivity contribution is -0.147. The highest BCUT2D eigenvalue weighted by Crippen LogP contribution is 2.13. The van der Waals surface area contributed by atoms with Crippen LogP contribution in [0.4, 0.5) is 0 Å². The smallest absolute Gasteiger partial charge is 0.326 e. The Kier molecular flexibility index (Phi) is 11.8. The summed E-state index contributed by atoms with van der Waals surface area (Å²) in [6.45, 7) is 4.67. The summed E-state index contributed by atoms with van der Waals surface area (Å²) in [7, 11) is 0. The number of carboxylic acid groups (broad SMARTS) is 2. The number of phenols is 1. The van der Waals surface area contributed by atoms with Gasteiger partial charge in [0.2, 0.25) is 17.7 Å². The summed E-state index contributed by atoms with van der Waals surface area (Å²) in [5.74, 6) is -5.99. The van der Waals surface area contributed by atoms with E-state index in [2.05, 4.69) is 16.0 Å². The first-order valence-corrected chi connectivity index (χ1v) is 11.3. The van der Waals surface area contributed by atoms with Crippen LogP contribution in [0.3, 0.4) is 0 Å². The molecule has 6 atom stereocenters. The summed E-state index contributed by atoms with van der Waals surface area (Å²) in [4.78, 5) is 60.9. The van der Waals surface area contributed by atoms with E-state index in [0.29, 0.717) is 12.0 Å². The molecule has 1 aromatic rings. The van der Waals surface area contributed by atoms with Gasteiger partial charge in [-0.2, -0.15) is 0 Å². The van der Waals surface area contributed by atoms with Crippen molar-refractivity contribution in [3.8, 4) is 5.75 Å². The maximum absolute atomic E-state index is 13.2. The summed E-state index contributed by atoms with van der Waals surface area (Å²) < 4.78 is 0. The van der Waals surface area contributed by atoms with Gasteiger partial charge in [0, 0.05) is 6.42 Å². The normalized spacial score (nSPS) is 15.9. The molecule has 6 unspecified atom stereocenters. The monoisotopic (exact) mass is 510 g/mol. The van der Waals surface area contributed by atoms with Gasteiger partial charge in [-0.15, -0.1) is 0 Å². The predicted octanol–water partition coefficient (Wildman–Crippen LogP) is -1.30. The Bertz CT molecular complexity index is 936. The van der Waals surface area contributed by atoms with Crippen LogP contribution in [0.15, 0.2) is 24.3 Å². The molecular formula is C23H34N4O9. The fourth-order valence-corrected chi connectivity index (χ4v) is 3.16. The molecule has 13 heteroatoms. The number of aromatic hydroxyl groups is 1. The number of amides is 3. The van der Waals surface area contributed by atoms with Crippen molar-refractivity contribution < 1.29 is 44.4 Å². The van der Waals surface area contributed by atoms with Crippen molar-refractivity contribution in [2.75, 3.05) is 0 Å². The molecule has 0 aliphatic heterocycles. The standard InChI is InChI=1S/C23H34N4O9/c1-4-11(2)19(22(34)26-16(23(35)36)10-17(30)31)27-20(32)15(25-21(33)18(24)12(3)28)9-13-5-7-14(29)8-6-13/h5-8,11-12,15-16,18-19,28-29H,4,9-10,24H2,1-3H3,(H,25,33)(H,26,34)(H,27,32)(H,30,31)(H,35,36). The number of aliphatic hydroxyl groups is 1. The van der Waals surface area contributed by atoms with Gasteiger partial charge in [-0.3, -0.25) is 19.2 Å². The van der Waals surface area contributed by atoms with Gasteiger partial charge in [0.05, 0.1) is 12.5 Å². The number of carboxylic acids is 2. The molecule has 0 heterocycles. The second kappa shape index (κ2) is 14.0. The molecule has 0 saturated heterocycles. The van der Waals surface area contributed by atoms with Crippen molar-refractivity contribution >= 4 is 29.7 Å². The van der Waals surface area contributed by atoms with Gasteiger partial charge in [-0.25, -0.2) is 4.79 Å². The lowest BCUT2D eigenvalue weighted by atomic mass is 9.96. The number of phenolic OH excluding ortho intramolecular Hbond substituents is 1. The van der Waals surface area contributed by atoms with E-state index in [0.717, 1.165) is 0 Å². The third-order valence-corrected chi connectivity index (χ3v) is 5.62. The number of carbonyl (C=O) groups excluding carboxylic acids is 3. The number of benzene rings is 1. The summed E-state index contributed by atoms with van der Waals surface area (Å²) in [6.07, 6.45) is -1.73. The minimum absolute atomic E-state index is 0.0113. The molecule has 1 aromatic carbocycles. The molecule has 3 amide bonds. The van der Waals surface area contributed by atoms with Crippen molar-refractivity contribution in [1.29, 1.82) is 0 Å². The second-order valence-electron chi connectivity index (χ2n) is 8.57. The topological polar surface area (TPSA) is 228 Å². The average Bonchev–Trinajstić information content (AvgIpc) is 2.81. The quantitative estimate of drug-likeness (QED) is 0.147. The van der Waals surface area contributed by atoms with Crippen LogP contribution in [0.1, 0.15) is 39.2 Å². The van der Waals surface area contributed by atoms with Crippen LogP contribution in [0, 0.1) is 5.92 Å². The Morgan fingerprint density at radius 3 is 1.92 bits per heavy atom. The van der Waals surface area contributed by atoms with Crippen molar-refractivity contribution in [1.82, 2.24) is 16.0 Å². The Morgan fingerprint density at radius 2 is 1.44 bits per heavy atom. The summed E-state index contributed by atoms with van der Waals surface area (Å²) in [5, 5.41) is 44.4. The fraction of sp³-hybridized carbons (Fsp3) is 0.522. The van der Waals surface area contributed by atoms with Gasteiger partial charge in [-0.05, 0) is 30.5 Å². The zero-order chi connectivity index (χ0) is 27.6. The van der Waals surface area contributed by atoms with E-state index < -0.39 is 72.3 Å². The van der Waals surface area contributed by atoms with Crippen LogP contribution >= 0.6 is 0 Å². The third-order valence-electron chi connectivity index (χ3n) is 5.62. The van der Waals surface area contributed by atoms with Crippen LogP contribution in [0.25, 0.3) is 0 Å². The highest BCUT2D eigenvalue weighted by atomic mass is 16.4. The average molecular weight is 511 g/mol. The molecule has 0 aliphatic rings. The van der Waals surface area contributed by atoms with Crippen LogP contribution < -0.4 is 21.7 Å². The highest BCUT2D eigenvalue weighted by Gasteiger charge is 2.33. The zero-order valence-corrected chi connectivity index (χ0v) is 20.3. The number of aliphatic hydroxyl groups excluding tert-OH is 1. The first-order valence-electron chi connectivity index (χ1n) is 11.3. The van der Waals surface area contributed by atoms with E-state index in [-0.39, 0.29) is 12.2 Å². The lowest BCUT2D eigenvalue weighted by Crippen LogP contribution is -2.60. The van der Waals surface area contributed by atoms with Gasteiger partial charge in [-0.1, -0.05) is 32.4 Å². The molecule has 0 radical (unpaired) electrons. The highest BCUT2D eigenvalue weighted by molar-refractivity contribution is 5.95. The van der Waals surface area contributed by atoms with E-state index in [1.807, 2.05) is 0 Å². The number of rotatable bonds is 14. The predicted molar refractivity (Wildman–Crippen MR) is 127 cm³/mol. The Morgan fingerprint density at radius 1 is 0.889 bits per heavy atom. The molecule has 0 fully saturated rings. The van der Waals surface area contributed by atoms with Crippen LogP contribution in [0.5, 0.6) is 5.75 Å². The van der Waals surface area contributed by atoms with E-state index in [9.17, 15) is 39.3 Å². The van der Waals surface area contributed by atoms with Crippen molar-refractivity contribution in [3.63, 3.8) is 0 Å². The van der Waals surface area contributed by atoms with E-state index in [4.69, 9.17) is 10.8 Å². The van der Waals surface area contributed by atoms with E-state index in [1.165, 1.54) is 31.2 Å². The van der Waals surface area contributed by atoms with Crippen LogP contribution in [-0.4, -0.2) is 80.4 Å².